The third-order valence-corrected chi connectivity index (χ3v) is 2.29. The minimum atomic E-state index is -0.882. The van der Waals surface area contributed by atoms with Crippen LogP contribution in [0.15, 0.2) is 21.7 Å². The van der Waals surface area contributed by atoms with Crippen molar-refractivity contribution in [2.24, 2.45) is 5.10 Å². The van der Waals surface area contributed by atoms with Crippen molar-refractivity contribution in [3.63, 3.8) is 0 Å². The molecule has 0 saturated carbocycles. The third-order valence-electron chi connectivity index (χ3n) is 2.29. The SMILES string of the molecule is C[C@H](NC(=O)OC(C)(C)C)C(=O)N/N=C/c1ccc([N+](=O)[O-])o1. The molecule has 10 nitrogen and oxygen atoms in total. The lowest BCUT2D eigenvalue weighted by molar-refractivity contribution is -0.402. The maximum atomic E-state index is 11.7. The van der Waals surface area contributed by atoms with Crippen LogP contribution >= 0.6 is 0 Å². The van der Waals surface area contributed by atoms with Gasteiger partial charge in [-0.1, -0.05) is 0 Å². The van der Waals surface area contributed by atoms with E-state index in [-0.39, 0.29) is 5.76 Å². The van der Waals surface area contributed by atoms with Gasteiger partial charge >= 0.3 is 12.0 Å². The quantitative estimate of drug-likeness (QED) is 0.478. The van der Waals surface area contributed by atoms with E-state index in [2.05, 4.69) is 15.8 Å². The Bertz CT molecular complexity index is 616. The van der Waals surface area contributed by atoms with Gasteiger partial charge in [0.25, 0.3) is 5.91 Å². The van der Waals surface area contributed by atoms with E-state index in [9.17, 15) is 19.7 Å². The van der Waals surface area contributed by atoms with Crippen molar-refractivity contribution in [3.8, 4) is 0 Å². The summed E-state index contributed by atoms with van der Waals surface area (Å²) < 4.78 is 9.83. The van der Waals surface area contributed by atoms with Crippen molar-refractivity contribution in [1.82, 2.24) is 10.7 Å². The van der Waals surface area contributed by atoms with Crippen LogP contribution in [0, 0.1) is 10.1 Å². The minimum Gasteiger partial charge on any atom is -0.444 e. The monoisotopic (exact) mass is 326 g/mol. The number of carbonyl (C=O) groups is 2. The van der Waals surface area contributed by atoms with E-state index in [1.807, 2.05) is 0 Å². The van der Waals surface area contributed by atoms with Crippen LogP contribution in [0.2, 0.25) is 0 Å². The lowest BCUT2D eigenvalue weighted by Gasteiger charge is -2.21. The highest BCUT2D eigenvalue weighted by Crippen LogP contribution is 2.13. The summed E-state index contributed by atoms with van der Waals surface area (Å²) in [6.45, 7) is 6.55. The Labute approximate surface area is 132 Å². The van der Waals surface area contributed by atoms with Gasteiger partial charge in [0.2, 0.25) is 0 Å². The predicted octanol–water partition coefficient (Wildman–Crippen LogP) is 1.55. The van der Waals surface area contributed by atoms with Gasteiger partial charge in [-0.25, -0.2) is 10.2 Å². The van der Waals surface area contributed by atoms with Crippen LogP contribution in [0.25, 0.3) is 0 Å². The fraction of sp³-hybridized carbons (Fsp3) is 0.462. The zero-order chi connectivity index (χ0) is 17.6. The fourth-order valence-corrected chi connectivity index (χ4v) is 1.32. The number of furan rings is 1. The van der Waals surface area contributed by atoms with E-state index in [0.717, 1.165) is 12.3 Å². The highest BCUT2D eigenvalue weighted by atomic mass is 16.6. The van der Waals surface area contributed by atoms with Crippen molar-refractivity contribution >= 4 is 24.1 Å². The number of nitrogens with one attached hydrogen (secondary N) is 2. The second-order valence-corrected chi connectivity index (χ2v) is 5.54. The predicted molar refractivity (Wildman–Crippen MR) is 79.9 cm³/mol. The van der Waals surface area contributed by atoms with Gasteiger partial charge in [-0.3, -0.25) is 14.9 Å². The lowest BCUT2D eigenvalue weighted by atomic mass is 10.2. The molecule has 126 valence electrons. The topological polar surface area (TPSA) is 136 Å². The standard InChI is InChI=1S/C13H18N4O6/c1-8(15-12(19)23-13(2,3)4)11(18)16-14-7-9-5-6-10(22-9)17(20)21/h5-8H,1-4H3,(H,15,19)(H,16,18)/b14-7+/t8-/m0/s1. The number of nitro groups is 1. The fourth-order valence-electron chi connectivity index (χ4n) is 1.32. The molecule has 1 aromatic heterocycles. The molecule has 0 saturated heterocycles. The molecule has 2 amide bonds. The number of amides is 2. The summed E-state index contributed by atoms with van der Waals surface area (Å²) in [5.74, 6) is -0.921. The van der Waals surface area contributed by atoms with Crippen LogP contribution in [-0.2, 0) is 9.53 Å². The second-order valence-electron chi connectivity index (χ2n) is 5.54. The molecule has 0 aliphatic carbocycles. The zero-order valence-electron chi connectivity index (χ0n) is 13.2. The van der Waals surface area contributed by atoms with E-state index < -0.39 is 34.5 Å². The number of hydrogen-bond donors (Lipinski definition) is 2. The number of hydrazone groups is 1. The largest absolute Gasteiger partial charge is 0.444 e. The molecule has 0 bridgehead atoms. The molecule has 10 heteroatoms. The highest BCUT2D eigenvalue weighted by Gasteiger charge is 2.20. The molecule has 0 radical (unpaired) electrons. The van der Waals surface area contributed by atoms with Gasteiger partial charge in [-0.2, -0.15) is 5.10 Å². The molecule has 1 heterocycles. The molecule has 0 aliphatic heterocycles. The summed E-state index contributed by atoms with van der Waals surface area (Å²) in [6, 6.07) is 1.61. The van der Waals surface area contributed by atoms with Crippen LogP contribution in [0.4, 0.5) is 10.7 Å². The van der Waals surface area contributed by atoms with Crippen LogP contribution in [0.1, 0.15) is 33.5 Å². The Morgan fingerprint density at radius 3 is 2.61 bits per heavy atom. The Hall–Kier alpha value is -2.91. The van der Waals surface area contributed by atoms with Gasteiger partial charge in [0.05, 0.1) is 12.3 Å². The first-order valence-electron chi connectivity index (χ1n) is 6.65. The molecule has 2 N–H and O–H groups in total. The van der Waals surface area contributed by atoms with Crippen LogP contribution in [-0.4, -0.2) is 34.8 Å². The molecule has 1 aromatic rings. The Morgan fingerprint density at radius 2 is 2.09 bits per heavy atom. The molecule has 0 aliphatic rings. The number of alkyl carbamates (subject to hydrolysis) is 1. The van der Waals surface area contributed by atoms with Gasteiger partial charge in [0, 0.05) is 0 Å². The smallest absolute Gasteiger partial charge is 0.433 e. The molecule has 0 spiro atoms. The molecule has 1 rings (SSSR count). The van der Waals surface area contributed by atoms with Crippen molar-refractivity contribution in [2.75, 3.05) is 0 Å². The first-order valence-corrected chi connectivity index (χ1v) is 6.65. The summed E-state index contributed by atoms with van der Waals surface area (Å²) in [5, 5.41) is 16.4. The average Bonchev–Trinajstić information content (AvgIpc) is 2.85. The minimum absolute atomic E-state index is 0.102. The van der Waals surface area contributed by atoms with Crippen LogP contribution < -0.4 is 10.7 Å². The lowest BCUT2D eigenvalue weighted by Crippen LogP contribution is -2.45. The molecule has 0 aromatic carbocycles. The van der Waals surface area contributed by atoms with Crippen molar-refractivity contribution < 1.29 is 23.7 Å². The van der Waals surface area contributed by atoms with Gasteiger partial charge < -0.3 is 14.5 Å². The number of carbonyl (C=O) groups excluding carboxylic acids is 2. The van der Waals surface area contributed by atoms with Gasteiger partial charge in [0.15, 0.2) is 5.76 Å². The van der Waals surface area contributed by atoms with E-state index in [1.54, 1.807) is 20.8 Å². The third kappa shape index (κ3) is 6.59. The zero-order valence-corrected chi connectivity index (χ0v) is 13.2. The summed E-state index contributed by atoms with van der Waals surface area (Å²) in [5.41, 5.74) is 1.49. The summed E-state index contributed by atoms with van der Waals surface area (Å²) >= 11 is 0. The number of hydrogen-bond acceptors (Lipinski definition) is 7. The van der Waals surface area contributed by atoms with Crippen LogP contribution in [0.5, 0.6) is 0 Å². The summed E-state index contributed by atoms with van der Waals surface area (Å²) in [6.07, 6.45) is 0.372. The van der Waals surface area contributed by atoms with Crippen molar-refractivity contribution in [2.45, 2.75) is 39.3 Å². The maximum Gasteiger partial charge on any atom is 0.433 e. The van der Waals surface area contributed by atoms with Crippen molar-refractivity contribution in [3.05, 3.63) is 28.0 Å². The summed E-state index contributed by atoms with van der Waals surface area (Å²) in [7, 11) is 0. The maximum absolute atomic E-state index is 11.7. The second kappa shape index (κ2) is 7.38. The highest BCUT2D eigenvalue weighted by molar-refractivity contribution is 5.86. The molecule has 1 atom stereocenters. The first kappa shape index (κ1) is 18.1. The molecule has 0 unspecified atom stereocenters. The Morgan fingerprint density at radius 1 is 1.43 bits per heavy atom. The molecular weight excluding hydrogens is 308 g/mol. The normalized spacial score (nSPS) is 12.7. The van der Waals surface area contributed by atoms with Gasteiger partial charge in [-0.15, -0.1) is 0 Å². The van der Waals surface area contributed by atoms with E-state index in [4.69, 9.17) is 9.15 Å². The molecule has 23 heavy (non-hydrogen) atoms. The number of ether oxygens (including phenoxy) is 1. The Kier molecular flexibility index (Phi) is 5.82. The van der Waals surface area contributed by atoms with E-state index in [0.29, 0.717) is 0 Å². The number of nitrogens with zero attached hydrogens (tertiary/aromatic N) is 2. The molecule has 0 fully saturated rings. The molecular formula is C13H18N4O6. The van der Waals surface area contributed by atoms with Crippen molar-refractivity contribution in [1.29, 1.82) is 0 Å². The summed E-state index contributed by atoms with van der Waals surface area (Å²) in [4.78, 5) is 33.0. The first-order chi connectivity index (χ1) is 10.6. The van der Waals surface area contributed by atoms with E-state index >= 15 is 0 Å². The van der Waals surface area contributed by atoms with Crippen LogP contribution in [0.3, 0.4) is 0 Å². The van der Waals surface area contributed by atoms with E-state index in [1.165, 1.54) is 13.0 Å². The average molecular weight is 326 g/mol. The van der Waals surface area contributed by atoms with Gasteiger partial charge in [0.1, 0.15) is 16.6 Å². The Balaban J connectivity index is 2.47. The van der Waals surface area contributed by atoms with Gasteiger partial charge in [-0.05, 0) is 33.8 Å². The number of rotatable bonds is 5.